The summed E-state index contributed by atoms with van der Waals surface area (Å²) in [6, 6.07) is 0.364. The highest BCUT2D eigenvalue weighted by molar-refractivity contribution is 4.78. The highest BCUT2D eigenvalue weighted by Crippen LogP contribution is 2.19. The van der Waals surface area contributed by atoms with Crippen LogP contribution in [0.15, 0.2) is 18.7 Å². The largest absolute Gasteiger partial charge is 0.337 e. The first-order chi connectivity index (χ1) is 8.25. The summed E-state index contributed by atoms with van der Waals surface area (Å²) in [5.41, 5.74) is 5.95. The van der Waals surface area contributed by atoms with Crippen molar-refractivity contribution in [1.82, 2.24) is 14.5 Å². The molecule has 1 aromatic heterocycles. The second-order valence-electron chi connectivity index (χ2n) is 5.19. The zero-order valence-electron chi connectivity index (χ0n) is 10.8. The van der Waals surface area contributed by atoms with Crippen LogP contribution in [0.3, 0.4) is 0 Å². The molecule has 2 rings (SSSR count). The van der Waals surface area contributed by atoms with Gasteiger partial charge in [-0.15, -0.1) is 0 Å². The van der Waals surface area contributed by atoms with E-state index in [2.05, 4.69) is 21.4 Å². The van der Waals surface area contributed by atoms with Gasteiger partial charge in [0, 0.05) is 25.0 Å². The molecule has 0 aliphatic carbocycles. The lowest BCUT2D eigenvalue weighted by molar-refractivity contribution is 0.169. The predicted molar refractivity (Wildman–Crippen MR) is 69.7 cm³/mol. The summed E-state index contributed by atoms with van der Waals surface area (Å²) < 4.78 is 2.15. The fourth-order valence-electron chi connectivity index (χ4n) is 2.60. The van der Waals surface area contributed by atoms with Gasteiger partial charge in [0.1, 0.15) is 0 Å². The van der Waals surface area contributed by atoms with Crippen molar-refractivity contribution in [1.29, 1.82) is 0 Å². The molecule has 2 heterocycles. The Balaban J connectivity index is 1.62. The summed E-state index contributed by atoms with van der Waals surface area (Å²) >= 11 is 0. The van der Waals surface area contributed by atoms with Gasteiger partial charge in [0.05, 0.1) is 6.33 Å². The molecule has 0 amide bonds. The lowest BCUT2D eigenvalue weighted by Crippen LogP contribution is -2.40. The van der Waals surface area contributed by atoms with Crippen LogP contribution in [0.5, 0.6) is 0 Å². The monoisotopic (exact) mass is 236 g/mol. The molecule has 1 aromatic rings. The third kappa shape index (κ3) is 3.82. The Labute approximate surface area is 104 Å². The molecule has 1 fully saturated rings. The summed E-state index contributed by atoms with van der Waals surface area (Å²) in [7, 11) is 0. The third-order valence-electron chi connectivity index (χ3n) is 3.83. The topological polar surface area (TPSA) is 47.1 Å². The summed E-state index contributed by atoms with van der Waals surface area (Å²) in [5, 5.41) is 0. The first-order valence-corrected chi connectivity index (χ1v) is 6.69. The molecule has 2 N–H and O–H groups in total. The van der Waals surface area contributed by atoms with E-state index in [1.54, 1.807) is 0 Å². The first kappa shape index (κ1) is 12.6. The molecule has 0 spiro atoms. The first-order valence-electron chi connectivity index (χ1n) is 6.69. The van der Waals surface area contributed by atoms with Crippen LogP contribution in [0.25, 0.3) is 0 Å². The maximum absolute atomic E-state index is 5.95. The van der Waals surface area contributed by atoms with Gasteiger partial charge in [0.15, 0.2) is 0 Å². The van der Waals surface area contributed by atoms with Gasteiger partial charge in [-0.2, -0.15) is 0 Å². The highest BCUT2D eigenvalue weighted by atomic mass is 15.1. The van der Waals surface area contributed by atoms with Crippen molar-refractivity contribution in [2.45, 2.75) is 38.8 Å². The molecule has 4 heteroatoms. The van der Waals surface area contributed by atoms with E-state index in [9.17, 15) is 0 Å². The molecule has 0 bridgehead atoms. The van der Waals surface area contributed by atoms with E-state index in [1.807, 2.05) is 18.7 Å². The van der Waals surface area contributed by atoms with Crippen LogP contribution in [-0.4, -0.2) is 40.1 Å². The molecular weight excluding hydrogens is 212 g/mol. The SMILES string of the molecule is CC(N)C1CCN(CCCn2ccnc2)CC1. The zero-order chi connectivity index (χ0) is 12.1. The summed E-state index contributed by atoms with van der Waals surface area (Å²) in [4.78, 5) is 6.62. The Morgan fingerprint density at radius 2 is 2.12 bits per heavy atom. The van der Waals surface area contributed by atoms with E-state index in [0.717, 1.165) is 12.5 Å². The molecule has 1 aliphatic rings. The Bertz CT molecular complexity index is 299. The van der Waals surface area contributed by atoms with Crippen LogP contribution in [-0.2, 0) is 6.54 Å². The zero-order valence-corrected chi connectivity index (χ0v) is 10.8. The van der Waals surface area contributed by atoms with Gasteiger partial charge < -0.3 is 15.2 Å². The van der Waals surface area contributed by atoms with E-state index in [-0.39, 0.29) is 0 Å². The normalized spacial score (nSPS) is 20.6. The predicted octanol–water partition coefficient (Wildman–Crippen LogP) is 1.33. The van der Waals surface area contributed by atoms with Crippen molar-refractivity contribution in [3.05, 3.63) is 18.7 Å². The Morgan fingerprint density at radius 1 is 1.35 bits per heavy atom. The quantitative estimate of drug-likeness (QED) is 0.839. The molecule has 1 aliphatic heterocycles. The van der Waals surface area contributed by atoms with Crippen LogP contribution in [0.1, 0.15) is 26.2 Å². The molecule has 0 saturated carbocycles. The second kappa shape index (κ2) is 6.17. The van der Waals surface area contributed by atoms with Crippen LogP contribution in [0.2, 0.25) is 0 Å². The van der Waals surface area contributed by atoms with Crippen LogP contribution in [0, 0.1) is 5.92 Å². The lowest BCUT2D eigenvalue weighted by atomic mass is 9.91. The fraction of sp³-hybridized carbons (Fsp3) is 0.769. The van der Waals surface area contributed by atoms with Gasteiger partial charge in [0.25, 0.3) is 0 Å². The molecule has 1 unspecified atom stereocenters. The third-order valence-corrected chi connectivity index (χ3v) is 3.83. The fourth-order valence-corrected chi connectivity index (χ4v) is 2.60. The minimum absolute atomic E-state index is 0.364. The van der Waals surface area contributed by atoms with E-state index >= 15 is 0 Å². The standard InChI is InChI=1S/C13H24N4/c1-12(14)13-3-8-16(9-4-13)6-2-7-17-10-5-15-11-17/h5,10-13H,2-4,6-9,14H2,1H3. The molecule has 1 atom stereocenters. The van der Waals surface area contributed by atoms with Gasteiger partial charge in [-0.25, -0.2) is 4.98 Å². The molecule has 0 radical (unpaired) electrons. The Kier molecular flexibility index (Phi) is 4.57. The second-order valence-corrected chi connectivity index (χ2v) is 5.19. The molecule has 96 valence electrons. The minimum atomic E-state index is 0.364. The Hall–Kier alpha value is -0.870. The number of aromatic nitrogens is 2. The van der Waals surface area contributed by atoms with E-state index in [4.69, 9.17) is 5.73 Å². The molecule has 4 nitrogen and oxygen atoms in total. The smallest absolute Gasteiger partial charge is 0.0945 e. The Morgan fingerprint density at radius 3 is 2.71 bits per heavy atom. The number of imidazole rings is 1. The van der Waals surface area contributed by atoms with Crippen molar-refractivity contribution >= 4 is 0 Å². The van der Waals surface area contributed by atoms with Gasteiger partial charge in [-0.1, -0.05) is 0 Å². The molecule has 17 heavy (non-hydrogen) atoms. The minimum Gasteiger partial charge on any atom is -0.337 e. The number of piperidine rings is 1. The average molecular weight is 236 g/mol. The van der Waals surface area contributed by atoms with Crippen molar-refractivity contribution in [2.24, 2.45) is 11.7 Å². The van der Waals surface area contributed by atoms with E-state index in [0.29, 0.717) is 6.04 Å². The van der Waals surface area contributed by atoms with Crippen molar-refractivity contribution in [3.63, 3.8) is 0 Å². The number of hydrogen-bond acceptors (Lipinski definition) is 3. The van der Waals surface area contributed by atoms with E-state index in [1.165, 1.54) is 38.9 Å². The van der Waals surface area contributed by atoms with Crippen LogP contribution >= 0.6 is 0 Å². The number of rotatable bonds is 5. The maximum Gasteiger partial charge on any atom is 0.0945 e. The number of hydrogen-bond donors (Lipinski definition) is 1. The maximum atomic E-state index is 5.95. The van der Waals surface area contributed by atoms with Crippen molar-refractivity contribution in [3.8, 4) is 0 Å². The number of aryl methyl sites for hydroxylation is 1. The van der Waals surface area contributed by atoms with Crippen LogP contribution in [0.4, 0.5) is 0 Å². The average Bonchev–Trinajstić information content (AvgIpc) is 2.83. The van der Waals surface area contributed by atoms with Gasteiger partial charge in [-0.05, 0) is 51.7 Å². The summed E-state index contributed by atoms with van der Waals surface area (Å²) in [6.45, 7) is 6.85. The van der Waals surface area contributed by atoms with Gasteiger partial charge >= 0.3 is 0 Å². The van der Waals surface area contributed by atoms with E-state index < -0.39 is 0 Å². The van der Waals surface area contributed by atoms with Gasteiger partial charge in [-0.3, -0.25) is 0 Å². The molecule has 0 aromatic carbocycles. The van der Waals surface area contributed by atoms with Crippen molar-refractivity contribution in [2.75, 3.05) is 19.6 Å². The molecular formula is C13H24N4. The molecule has 1 saturated heterocycles. The lowest BCUT2D eigenvalue weighted by Gasteiger charge is -2.33. The number of nitrogens with zero attached hydrogens (tertiary/aromatic N) is 3. The van der Waals surface area contributed by atoms with Crippen molar-refractivity contribution < 1.29 is 0 Å². The summed E-state index contributed by atoms with van der Waals surface area (Å²) in [5.74, 6) is 0.736. The highest BCUT2D eigenvalue weighted by Gasteiger charge is 2.21. The summed E-state index contributed by atoms with van der Waals surface area (Å²) in [6.07, 6.45) is 9.50. The van der Waals surface area contributed by atoms with Crippen LogP contribution < -0.4 is 5.73 Å². The van der Waals surface area contributed by atoms with Gasteiger partial charge in [0.2, 0.25) is 0 Å². The number of likely N-dealkylation sites (tertiary alicyclic amines) is 1. The number of nitrogens with two attached hydrogens (primary N) is 1.